The number of carbonyl (C=O) groups is 3. The molecule has 0 spiro atoms. The predicted molar refractivity (Wildman–Crippen MR) is 117 cm³/mol. The number of nitrogens with one attached hydrogen (secondary N) is 3. The van der Waals surface area contributed by atoms with Crippen LogP contribution in [0.2, 0.25) is 0 Å². The van der Waals surface area contributed by atoms with Gasteiger partial charge in [0.25, 0.3) is 0 Å². The lowest BCUT2D eigenvalue weighted by Crippen LogP contribution is -2.33. The van der Waals surface area contributed by atoms with Crippen molar-refractivity contribution in [2.75, 3.05) is 17.2 Å². The van der Waals surface area contributed by atoms with Crippen molar-refractivity contribution in [2.45, 2.75) is 33.6 Å². The molecule has 0 radical (unpaired) electrons. The Bertz CT molecular complexity index is 906. The fourth-order valence-corrected chi connectivity index (χ4v) is 2.49. The van der Waals surface area contributed by atoms with Gasteiger partial charge in [-0.3, -0.25) is 14.4 Å². The number of anilines is 2. The molecule has 0 aromatic heterocycles. The van der Waals surface area contributed by atoms with Crippen LogP contribution in [0.3, 0.4) is 0 Å². The van der Waals surface area contributed by atoms with E-state index in [-0.39, 0.29) is 12.3 Å². The van der Waals surface area contributed by atoms with Crippen LogP contribution in [-0.4, -0.2) is 30.0 Å². The average Bonchev–Trinajstić information content (AvgIpc) is 2.74. The molecule has 0 aliphatic rings. The van der Waals surface area contributed by atoms with Gasteiger partial charge in [-0.05, 0) is 62.2 Å². The molecule has 2 rings (SSSR count). The summed E-state index contributed by atoms with van der Waals surface area (Å²) in [5.74, 6) is -1.33. The van der Waals surface area contributed by atoms with Crippen molar-refractivity contribution < 1.29 is 19.1 Å². The van der Waals surface area contributed by atoms with Gasteiger partial charge in [0.2, 0.25) is 5.91 Å². The van der Waals surface area contributed by atoms with Gasteiger partial charge < -0.3 is 15.4 Å². The lowest BCUT2D eigenvalue weighted by Gasteiger charge is -2.07. The largest absolute Gasteiger partial charge is 0.494 e. The fourth-order valence-electron chi connectivity index (χ4n) is 2.49. The highest BCUT2D eigenvalue weighted by atomic mass is 16.5. The Morgan fingerprint density at radius 1 is 0.867 bits per heavy atom. The molecule has 0 heterocycles. The van der Waals surface area contributed by atoms with Crippen LogP contribution in [0.4, 0.5) is 11.4 Å². The number of ether oxygens (including phenoxy) is 1. The molecule has 0 aliphatic carbocycles. The van der Waals surface area contributed by atoms with Gasteiger partial charge in [-0.15, -0.1) is 0 Å². The number of hydrazone groups is 1. The molecule has 0 unspecified atom stereocenters. The van der Waals surface area contributed by atoms with Gasteiger partial charge in [0, 0.05) is 17.1 Å². The number of aryl methyl sites for hydroxylation is 1. The van der Waals surface area contributed by atoms with Crippen LogP contribution in [0, 0.1) is 0 Å². The van der Waals surface area contributed by atoms with Crippen molar-refractivity contribution in [3.63, 3.8) is 0 Å². The first kappa shape index (κ1) is 22.6. The molecule has 0 atom stereocenters. The standard InChI is InChI=1S/C22H26N4O4/c1-4-16-6-8-18(9-7-16)24-21(28)22(29)26-25-15(3)14-20(27)23-17-10-12-19(13-11-17)30-5-2/h6-13H,4-5,14H2,1-3H3,(H,23,27)(H,24,28)(H,26,29)/b25-15+. The number of nitrogens with zero attached hydrogens (tertiary/aromatic N) is 1. The summed E-state index contributed by atoms with van der Waals surface area (Å²) in [5, 5.41) is 9.03. The van der Waals surface area contributed by atoms with Gasteiger partial charge in [0.1, 0.15) is 5.75 Å². The van der Waals surface area contributed by atoms with E-state index in [2.05, 4.69) is 21.2 Å². The number of rotatable bonds is 8. The maximum absolute atomic E-state index is 12.1. The van der Waals surface area contributed by atoms with E-state index in [1.54, 1.807) is 43.3 Å². The highest BCUT2D eigenvalue weighted by molar-refractivity contribution is 6.39. The summed E-state index contributed by atoms with van der Waals surface area (Å²) < 4.78 is 5.35. The smallest absolute Gasteiger partial charge is 0.329 e. The highest BCUT2D eigenvalue weighted by Crippen LogP contribution is 2.15. The van der Waals surface area contributed by atoms with E-state index >= 15 is 0 Å². The third-order valence-corrected chi connectivity index (χ3v) is 4.04. The summed E-state index contributed by atoms with van der Waals surface area (Å²) in [6.07, 6.45) is 0.850. The molecule has 0 saturated heterocycles. The van der Waals surface area contributed by atoms with Gasteiger partial charge in [-0.2, -0.15) is 5.10 Å². The van der Waals surface area contributed by atoms with E-state index < -0.39 is 11.8 Å². The second kappa shape index (κ2) is 11.4. The SMILES string of the molecule is CCOc1ccc(NC(=O)C/C(C)=N/NC(=O)C(=O)Nc2ccc(CC)cc2)cc1. The Morgan fingerprint density at radius 2 is 1.47 bits per heavy atom. The predicted octanol–water partition coefficient (Wildman–Crippen LogP) is 3.11. The maximum atomic E-state index is 12.1. The average molecular weight is 410 g/mol. The Balaban J connectivity index is 1.80. The summed E-state index contributed by atoms with van der Waals surface area (Å²) in [6, 6.07) is 14.2. The molecule has 3 amide bonds. The Hall–Kier alpha value is -3.68. The number of carbonyl (C=O) groups excluding carboxylic acids is 3. The number of amides is 3. The van der Waals surface area contributed by atoms with Crippen molar-refractivity contribution >= 4 is 34.8 Å². The molecule has 8 nitrogen and oxygen atoms in total. The third kappa shape index (κ3) is 7.38. The topological polar surface area (TPSA) is 109 Å². The first-order valence-corrected chi connectivity index (χ1v) is 9.67. The number of hydrogen-bond acceptors (Lipinski definition) is 5. The van der Waals surface area contributed by atoms with Crippen LogP contribution in [0.5, 0.6) is 5.75 Å². The molecular weight excluding hydrogens is 384 g/mol. The molecule has 158 valence electrons. The molecule has 8 heteroatoms. The van der Waals surface area contributed by atoms with Crippen LogP contribution in [0.25, 0.3) is 0 Å². The number of hydrogen-bond donors (Lipinski definition) is 3. The van der Waals surface area contributed by atoms with Crippen molar-refractivity contribution in [3.8, 4) is 5.75 Å². The van der Waals surface area contributed by atoms with Crippen molar-refractivity contribution in [1.29, 1.82) is 0 Å². The van der Waals surface area contributed by atoms with E-state index in [1.807, 2.05) is 26.0 Å². The van der Waals surface area contributed by atoms with E-state index in [0.29, 0.717) is 23.7 Å². The van der Waals surface area contributed by atoms with E-state index in [4.69, 9.17) is 4.74 Å². The van der Waals surface area contributed by atoms with E-state index in [0.717, 1.165) is 17.7 Å². The van der Waals surface area contributed by atoms with E-state index in [9.17, 15) is 14.4 Å². The van der Waals surface area contributed by atoms with Crippen molar-refractivity contribution in [1.82, 2.24) is 5.43 Å². The second-order valence-corrected chi connectivity index (χ2v) is 6.47. The minimum atomic E-state index is -0.916. The minimum absolute atomic E-state index is 0.0341. The van der Waals surface area contributed by atoms with Crippen LogP contribution >= 0.6 is 0 Å². The minimum Gasteiger partial charge on any atom is -0.494 e. The molecule has 0 aliphatic heterocycles. The third-order valence-electron chi connectivity index (χ3n) is 4.04. The summed E-state index contributed by atoms with van der Waals surface area (Å²) in [4.78, 5) is 35.9. The Kier molecular flexibility index (Phi) is 8.56. The fraction of sp³-hybridized carbons (Fsp3) is 0.273. The summed E-state index contributed by atoms with van der Waals surface area (Å²) in [7, 11) is 0. The van der Waals surface area contributed by atoms with Crippen LogP contribution < -0.4 is 20.8 Å². The van der Waals surface area contributed by atoms with Crippen molar-refractivity contribution in [2.24, 2.45) is 5.10 Å². The molecule has 0 saturated carbocycles. The highest BCUT2D eigenvalue weighted by Gasteiger charge is 2.13. The first-order valence-electron chi connectivity index (χ1n) is 9.67. The zero-order valence-electron chi connectivity index (χ0n) is 17.3. The van der Waals surface area contributed by atoms with Gasteiger partial charge in [-0.25, -0.2) is 5.43 Å². The summed E-state index contributed by atoms with van der Waals surface area (Å²) in [5.41, 5.74) is 4.77. The first-order chi connectivity index (χ1) is 14.4. The molecule has 30 heavy (non-hydrogen) atoms. The lowest BCUT2D eigenvalue weighted by atomic mass is 10.1. The van der Waals surface area contributed by atoms with Gasteiger partial charge >= 0.3 is 11.8 Å². The van der Waals surface area contributed by atoms with Crippen LogP contribution in [-0.2, 0) is 20.8 Å². The molecule has 2 aromatic rings. The van der Waals surface area contributed by atoms with Crippen LogP contribution in [0.1, 0.15) is 32.8 Å². The van der Waals surface area contributed by atoms with Crippen LogP contribution in [0.15, 0.2) is 53.6 Å². The molecule has 0 bridgehead atoms. The molecule has 3 N–H and O–H groups in total. The molecule has 0 fully saturated rings. The number of benzene rings is 2. The van der Waals surface area contributed by atoms with Gasteiger partial charge in [-0.1, -0.05) is 19.1 Å². The molecule has 2 aromatic carbocycles. The monoisotopic (exact) mass is 410 g/mol. The lowest BCUT2D eigenvalue weighted by molar-refractivity contribution is -0.136. The van der Waals surface area contributed by atoms with Gasteiger partial charge in [0.05, 0.1) is 13.0 Å². The zero-order chi connectivity index (χ0) is 21.9. The second-order valence-electron chi connectivity index (χ2n) is 6.47. The summed E-state index contributed by atoms with van der Waals surface area (Å²) in [6.45, 7) is 6.07. The summed E-state index contributed by atoms with van der Waals surface area (Å²) >= 11 is 0. The van der Waals surface area contributed by atoms with Crippen molar-refractivity contribution in [3.05, 3.63) is 54.1 Å². The maximum Gasteiger partial charge on any atom is 0.329 e. The zero-order valence-corrected chi connectivity index (χ0v) is 17.3. The molecular formula is C22H26N4O4. The van der Waals surface area contributed by atoms with E-state index in [1.165, 1.54) is 0 Å². The Labute approximate surface area is 175 Å². The quantitative estimate of drug-likeness (QED) is 0.353. The van der Waals surface area contributed by atoms with Gasteiger partial charge in [0.15, 0.2) is 0 Å². The Morgan fingerprint density at radius 3 is 2.07 bits per heavy atom. The normalized spacial score (nSPS) is 10.8.